The molecule has 1 aromatic heterocycles. The number of halogens is 1. The number of rotatable bonds is 2. The molecule has 0 aliphatic rings. The van der Waals surface area contributed by atoms with Crippen molar-refractivity contribution in [3.63, 3.8) is 0 Å². The second-order valence-electron chi connectivity index (χ2n) is 1.90. The number of hydrogen-bond acceptors (Lipinski definition) is 2. The third-order valence-electron chi connectivity index (χ3n) is 1.07. The molecular formula is C8H8ClNS. The summed E-state index contributed by atoms with van der Waals surface area (Å²) in [6, 6.07) is 0. The molecule has 1 nitrogen and oxygen atoms in total. The Balaban J connectivity index is 2.30. The molecule has 0 aliphatic heterocycles. The molecule has 0 unspecified atom stereocenters. The lowest BCUT2D eigenvalue weighted by atomic mass is 10.4. The molecule has 1 rings (SSSR count). The lowest BCUT2D eigenvalue weighted by Gasteiger charge is -1.81. The fourth-order valence-electron chi connectivity index (χ4n) is 0.614. The molecule has 0 saturated carbocycles. The Morgan fingerprint density at radius 1 is 1.55 bits per heavy atom. The number of hydrogen-bond donors (Lipinski definition) is 0. The van der Waals surface area contributed by atoms with E-state index in [1.54, 1.807) is 17.5 Å². The second-order valence-corrected chi connectivity index (χ2v) is 3.25. The van der Waals surface area contributed by atoms with Crippen molar-refractivity contribution in [3.05, 3.63) is 16.6 Å². The molecular weight excluding hydrogens is 178 g/mol. The third-order valence-corrected chi connectivity index (χ3v) is 2.04. The first-order valence-corrected chi connectivity index (χ1v) is 4.75. The van der Waals surface area contributed by atoms with E-state index in [1.165, 1.54) is 0 Å². The van der Waals surface area contributed by atoms with Crippen LogP contribution in [0.15, 0.2) is 11.6 Å². The van der Waals surface area contributed by atoms with Crippen LogP contribution in [-0.2, 0) is 6.42 Å². The van der Waals surface area contributed by atoms with Crippen LogP contribution >= 0.6 is 22.9 Å². The SMILES string of the molecule is ClCCC#CCc1nccs1. The van der Waals surface area contributed by atoms with Crippen molar-refractivity contribution >= 4 is 22.9 Å². The Hall–Kier alpha value is -0.520. The van der Waals surface area contributed by atoms with Crippen molar-refractivity contribution in [2.45, 2.75) is 12.8 Å². The highest BCUT2D eigenvalue weighted by molar-refractivity contribution is 7.09. The van der Waals surface area contributed by atoms with Crippen molar-refractivity contribution in [1.29, 1.82) is 0 Å². The maximum absolute atomic E-state index is 5.45. The molecule has 11 heavy (non-hydrogen) atoms. The Morgan fingerprint density at radius 2 is 2.45 bits per heavy atom. The topological polar surface area (TPSA) is 12.9 Å². The number of aromatic nitrogens is 1. The van der Waals surface area contributed by atoms with Gasteiger partial charge in [0.15, 0.2) is 0 Å². The van der Waals surface area contributed by atoms with E-state index in [9.17, 15) is 0 Å². The van der Waals surface area contributed by atoms with Gasteiger partial charge in [0, 0.05) is 23.9 Å². The molecule has 0 aromatic carbocycles. The van der Waals surface area contributed by atoms with Crippen LogP contribution in [0.4, 0.5) is 0 Å². The van der Waals surface area contributed by atoms with Gasteiger partial charge in [-0.2, -0.15) is 0 Å². The van der Waals surface area contributed by atoms with Crippen molar-refractivity contribution in [2.24, 2.45) is 0 Å². The fraction of sp³-hybridized carbons (Fsp3) is 0.375. The van der Waals surface area contributed by atoms with Crippen molar-refractivity contribution in [2.75, 3.05) is 5.88 Å². The molecule has 0 spiro atoms. The highest BCUT2D eigenvalue weighted by Crippen LogP contribution is 2.03. The Morgan fingerprint density at radius 3 is 3.09 bits per heavy atom. The summed E-state index contributed by atoms with van der Waals surface area (Å²) in [5.41, 5.74) is 0. The van der Waals surface area contributed by atoms with E-state index in [0.717, 1.165) is 17.8 Å². The van der Waals surface area contributed by atoms with Crippen molar-refractivity contribution in [1.82, 2.24) is 4.98 Å². The lowest BCUT2D eigenvalue weighted by Crippen LogP contribution is -1.77. The summed E-state index contributed by atoms with van der Waals surface area (Å²) in [4.78, 5) is 4.10. The molecule has 0 saturated heterocycles. The van der Waals surface area contributed by atoms with Gasteiger partial charge in [-0.05, 0) is 0 Å². The first-order chi connectivity index (χ1) is 5.43. The van der Waals surface area contributed by atoms with Gasteiger partial charge in [-0.25, -0.2) is 4.98 Å². The van der Waals surface area contributed by atoms with Gasteiger partial charge in [0.05, 0.1) is 6.42 Å². The maximum Gasteiger partial charge on any atom is 0.104 e. The van der Waals surface area contributed by atoms with Gasteiger partial charge in [0.1, 0.15) is 5.01 Å². The largest absolute Gasteiger partial charge is 0.249 e. The van der Waals surface area contributed by atoms with Gasteiger partial charge < -0.3 is 0 Å². The average molecular weight is 186 g/mol. The van der Waals surface area contributed by atoms with E-state index in [1.807, 2.05) is 5.38 Å². The van der Waals surface area contributed by atoms with E-state index in [-0.39, 0.29) is 0 Å². The average Bonchev–Trinajstić information content (AvgIpc) is 2.50. The predicted molar refractivity (Wildman–Crippen MR) is 48.9 cm³/mol. The number of thiazole rings is 1. The molecule has 0 N–H and O–H groups in total. The Kier molecular flexibility index (Phi) is 4.03. The quantitative estimate of drug-likeness (QED) is 0.509. The molecule has 0 fully saturated rings. The minimum atomic E-state index is 0.616. The molecule has 0 atom stereocenters. The van der Waals surface area contributed by atoms with Gasteiger partial charge in [-0.3, -0.25) is 0 Å². The van der Waals surface area contributed by atoms with Crippen LogP contribution in [-0.4, -0.2) is 10.9 Å². The van der Waals surface area contributed by atoms with E-state index >= 15 is 0 Å². The van der Waals surface area contributed by atoms with Crippen LogP contribution in [0.2, 0.25) is 0 Å². The minimum Gasteiger partial charge on any atom is -0.249 e. The van der Waals surface area contributed by atoms with Gasteiger partial charge in [-0.1, -0.05) is 5.92 Å². The monoisotopic (exact) mass is 185 g/mol. The third kappa shape index (κ3) is 3.41. The molecule has 3 heteroatoms. The van der Waals surface area contributed by atoms with Gasteiger partial charge in [0.25, 0.3) is 0 Å². The molecule has 0 aliphatic carbocycles. The minimum absolute atomic E-state index is 0.616. The zero-order chi connectivity index (χ0) is 7.94. The highest BCUT2D eigenvalue weighted by Gasteiger charge is 1.88. The molecule has 0 amide bonds. The Labute approximate surface area is 75.4 Å². The molecule has 58 valence electrons. The number of nitrogens with zero attached hydrogens (tertiary/aromatic N) is 1. The predicted octanol–water partition coefficient (Wildman–Crippen LogP) is 2.32. The van der Waals surface area contributed by atoms with Gasteiger partial charge in [-0.15, -0.1) is 28.9 Å². The van der Waals surface area contributed by atoms with Crippen LogP contribution in [0.3, 0.4) is 0 Å². The zero-order valence-corrected chi connectivity index (χ0v) is 7.58. The van der Waals surface area contributed by atoms with E-state index < -0.39 is 0 Å². The van der Waals surface area contributed by atoms with E-state index in [0.29, 0.717) is 5.88 Å². The van der Waals surface area contributed by atoms with Crippen molar-refractivity contribution in [3.8, 4) is 11.8 Å². The summed E-state index contributed by atoms with van der Waals surface area (Å²) < 4.78 is 0. The van der Waals surface area contributed by atoms with Crippen LogP contribution < -0.4 is 0 Å². The van der Waals surface area contributed by atoms with Crippen molar-refractivity contribution < 1.29 is 0 Å². The lowest BCUT2D eigenvalue weighted by molar-refractivity contribution is 1.20. The summed E-state index contributed by atoms with van der Waals surface area (Å²) in [7, 11) is 0. The summed E-state index contributed by atoms with van der Waals surface area (Å²) in [5.74, 6) is 6.58. The maximum atomic E-state index is 5.45. The van der Waals surface area contributed by atoms with E-state index in [2.05, 4.69) is 16.8 Å². The highest BCUT2D eigenvalue weighted by atomic mass is 35.5. The summed E-state index contributed by atoms with van der Waals surface area (Å²) in [6.07, 6.45) is 3.32. The number of alkyl halides is 1. The molecule has 0 radical (unpaired) electrons. The van der Waals surface area contributed by atoms with Crippen LogP contribution in [0, 0.1) is 11.8 Å². The summed E-state index contributed by atoms with van der Waals surface area (Å²) in [6.45, 7) is 0. The van der Waals surface area contributed by atoms with E-state index in [4.69, 9.17) is 11.6 Å². The summed E-state index contributed by atoms with van der Waals surface area (Å²) in [5, 5.41) is 3.03. The zero-order valence-electron chi connectivity index (χ0n) is 6.01. The van der Waals surface area contributed by atoms with Gasteiger partial charge in [0.2, 0.25) is 0 Å². The van der Waals surface area contributed by atoms with Crippen LogP contribution in [0.5, 0.6) is 0 Å². The fourth-order valence-corrected chi connectivity index (χ4v) is 1.26. The standard InChI is InChI=1S/C8H8ClNS/c9-5-3-1-2-4-8-10-6-7-11-8/h6-7H,3-5H2. The molecule has 1 heterocycles. The smallest absolute Gasteiger partial charge is 0.104 e. The second kappa shape index (κ2) is 5.17. The molecule has 0 bridgehead atoms. The summed E-state index contributed by atoms with van der Waals surface area (Å²) >= 11 is 7.08. The van der Waals surface area contributed by atoms with Crippen LogP contribution in [0.1, 0.15) is 11.4 Å². The first kappa shape index (κ1) is 8.58. The Bertz CT molecular complexity index is 245. The van der Waals surface area contributed by atoms with Crippen LogP contribution in [0.25, 0.3) is 0 Å². The van der Waals surface area contributed by atoms with Gasteiger partial charge >= 0.3 is 0 Å². The first-order valence-electron chi connectivity index (χ1n) is 3.33. The molecule has 1 aromatic rings. The normalized spacial score (nSPS) is 8.82.